The van der Waals surface area contributed by atoms with Crippen molar-refractivity contribution in [2.45, 2.75) is 46.6 Å². The van der Waals surface area contributed by atoms with Gasteiger partial charge < -0.3 is 15.2 Å². The van der Waals surface area contributed by atoms with Crippen LogP contribution in [-0.4, -0.2) is 24.9 Å². The van der Waals surface area contributed by atoms with Gasteiger partial charge >= 0.3 is 0 Å². The molecule has 0 atom stereocenters. The van der Waals surface area contributed by atoms with Crippen molar-refractivity contribution < 1.29 is 9.84 Å². The summed E-state index contributed by atoms with van der Waals surface area (Å²) in [5.74, 6) is 0.950. The first-order chi connectivity index (χ1) is 9.57. The highest BCUT2D eigenvalue weighted by atomic mass is 16.5. The van der Waals surface area contributed by atoms with Gasteiger partial charge in [-0.3, -0.25) is 0 Å². The lowest BCUT2D eigenvalue weighted by atomic mass is 9.88. The first kappa shape index (κ1) is 17.0. The lowest BCUT2D eigenvalue weighted by Gasteiger charge is -2.24. The quantitative estimate of drug-likeness (QED) is 0.690. The van der Waals surface area contributed by atoms with E-state index in [1.165, 1.54) is 5.56 Å². The maximum Gasteiger partial charge on any atom is 0.119 e. The van der Waals surface area contributed by atoms with Gasteiger partial charge in [0, 0.05) is 19.7 Å². The van der Waals surface area contributed by atoms with Gasteiger partial charge in [-0.05, 0) is 42.4 Å². The molecule has 0 bridgehead atoms. The fourth-order valence-corrected chi connectivity index (χ4v) is 2.16. The summed E-state index contributed by atoms with van der Waals surface area (Å²) in [6, 6.07) is 8.26. The molecule has 0 radical (unpaired) electrons. The zero-order chi connectivity index (χ0) is 14.8. The number of rotatable bonds is 10. The highest BCUT2D eigenvalue weighted by molar-refractivity contribution is 5.28. The summed E-state index contributed by atoms with van der Waals surface area (Å²) in [5.41, 5.74) is 1.47. The normalized spacial score (nSPS) is 11.6. The lowest BCUT2D eigenvalue weighted by Crippen LogP contribution is -2.29. The molecule has 0 fully saturated rings. The third-order valence-corrected chi connectivity index (χ3v) is 3.32. The third-order valence-electron chi connectivity index (χ3n) is 3.32. The average Bonchev–Trinajstić information content (AvgIpc) is 2.43. The smallest absolute Gasteiger partial charge is 0.119 e. The molecule has 3 nitrogen and oxygen atoms in total. The van der Waals surface area contributed by atoms with Crippen LogP contribution in [0.4, 0.5) is 0 Å². The molecule has 1 aromatic rings. The molecule has 0 aromatic heterocycles. The first-order valence-electron chi connectivity index (χ1n) is 7.61. The molecular weight excluding hydrogens is 250 g/mol. The Balaban J connectivity index is 2.37. The molecule has 0 unspecified atom stereocenters. The number of aliphatic hydroxyl groups excluding tert-OH is 1. The van der Waals surface area contributed by atoms with Crippen molar-refractivity contribution in [1.82, 2.24) is 5.32 Å². The summed E-state index contributed by atoms with van der Waals surface area (Å²) in [5, 5.41) is 12.4. The molecule has 0 saturated carbocycles. The number of ether oxygens (including phenoxy) is 1. The van der Waals surface area contributed by atoms with E-state index in [-0.39, 0.29) is 12.0 Å². The lowest BCUT2D eigenvalue weighted by molar-refractivity contribution is 0.236. The van der Waals surface area contributed by atoms with Crippen molar-refractivity contribution in [3.8, 4) is 5.75 Å². The van der Waals surface area contributed by atoms with E-state index in [2.05, 4.69) is 38.2 Å². The molecule has 0 spiro atoms. The van der Waals surface area contributed by atoms with Gasteiger partial charge in [0.05, 0.1) is 6.61 Å². The van der Waals surface area contributed by atoms with E-state index in [0.717, 1.165) is 44.7 Å². The molecular formula is C17H29NO2. The van der Waals surface area contributed by atoms with Gasteiger partial charge in [0.1, 0.15) is 5.75 Å². The Morgan fingerprint density at radius 3 is 2.80 bits per heavy atom. The second-order valence-electron chi connectivity index (χ2n) is 6.09. The van der Waals surface area contributed by atoms with E-state index in [4.69, 9.17) is 9.84 Å². The molecule has 0 saturated heterocycles. The van der Waals surface area contributed by atoms with Gasteiger partial charge in [-0.25, -0.2) is 0 Å². The van der Waals surface area contributed by atoms with Crippen LogP contribution in [0.25, 0.3) is 0 Å². The molecule has 114 valence electrons. The monoisotopic (exact) mass is 279 g/mol. The molecule has 1 aromatic carbocycles. The Labute approximate surface area is 123 Å². The number of hydrogen-bond acceptors (Lipinski definition) is 3. The predicted octanol–water partition coefficient (Wildman–Crippen LogP) is 3.36. The van der Waals surface area contributed by atoms with Gasteiger partial charge in [0.15, 0.2) is 0 Å². The minimum absolute atomic E-state index is 0.221. The van der Waals surface area contributed by atoms with Crippen LogP contribution in [0, 0.1) is 5.41 Å². The van der Waals surface area contributed by atoms with E-state index in [1.54, 1.807) is 0 Å². The summed E-state index contributed by atoms with van der Waals surface area (Å²) in [6.45, 7) is 9.43. The Morgan fingerprint density at radius 2 is 2.10 bits per heavy atom. The van der Waals surface area contributed by atoms with Gasteiger partial charge in [-0.2, -0.15) is 0 Å². The molecule has 1 rings (SSSR count). The van der Waals surface area contributed by atoms with Crippen LogP contribution in [0.5, 0.6) is 5.75 Å². The molecule has 0 amide bonds. The van der Waals surface area contributed by atoms with E-state index in [0.29, 0.717) is 0 Å². The molecule has 3 heteroatoms. The van der Waals surface area contributed by atoms with Crippen LogP contribution < -0.4 is 10.1 Å². The maximum atomic E-state index is 8.90. The molecule has 20 heavy (non-hydrogen) atoms. The average molecular weight is 279 g/mol. The van der Waals surface area contributed by atoms with Crippen molar-refractivity contribution in [3.63, 3.8) is 0 Å². The van der Waals surface area contributed by atoms with Crippen LogP contribution in [0.15, 0.2) is 24.3 Å². The second kappa shape index (κ2) is 8.98. The fraction of sp³-hybridized carbons (Fsp3) is 0.647. The van der Waals surface area contributed by atoms with Crippen molar-refractivity contribution in [2.24, 2.45) is 5.41 Å². The van der Waals surface area contributed by atoms with Crippen molar-refractivity contribution >= 4 is 0 Å². The van der Waals surface area contributed by atoms with Crippen molar-refractivity contribution in [3.05, 3.63) is 29.8 Å². The third kappa shape index (κ3) is 6.92. The molecule has 2 N–H and O–H groups in total. The number of benzene rings is 1. The fourth-order valence-electron chi connectivity index (χ4n) is 2.16. The highest BCUT2D eigenvalue weighted by Crippen LogP contribution is 2.21. The van der Waals surface area contributed by atoms with E-state index < -0.39 is 0 Å². The summed E-state index contributed by atoms with van der Waals surface area (Å²) >= 11 is 0. The van der Waals surface area contributed by atoms with Crippen LogP contribution in [0.2, 0.25) is 0 Å². The van der Waals surface area contributed by atoms with E-state index in [1.807, 2.05) is 12.1 Å². The molecule has 0 heterocycles. The Morgan fingerprint density at radius 1 is 1.30 bits per heavy atom. The van der Waals surface area contributed by atoms with Gasteiger partial charge in [0.2, 0.25) is 0 Å². The second-order valence-corrected chi connectivity index (χ2v) is 6.09. The predicted molar refractivity (Wildman–Crippen MR) is 84.0 cm³/mol. The van der Waals surface area contributed by atoms with Crippen LogP contribution in [-0.2, 0) is 6.54 Å². The minimum atomic E-state index is 0.221. The van der Waals surface area contributed by atoms with E-state index >= 15 is 0 Å². The van der Waals surface area contributed by atoms with Crippen molar-refractivity contribution in [1.29, 1.82) is 0 Å². The summed E-state index contributed by atoms with van der Waals surface area (Å²) in [6.07, 6.45) is 2.94. The van der Waals surface area contributed by atoms with Crippen LogP contribution >= 0.6 is 0 Å². The zero-order valence-corrected chi connectivity index (χ0v) is 13.1. The molecule has 0 aliphatic rings. The Bertz CT molecular complexity index is 377. The van der Waals surface area contributed by atoms with Crippen LogP contribution in [0.1, 0.15) is 45.6 Å². The summed E-state index contributed by atoms with van der Waals surface area (Å²) in [4.78, 5) is 0. The van der Waals surface area contributed by atoms with Crippen LogP contribution in [0.3, 0.4) is 0 Å². The number of nitrogens with one attached hydrogen (secondary N) is 1. The summed E-state index contributed by atoms with van der Waals surface area (Å²) in [7, 11) is 0. The number of aliphatic hydroxyl groups is 1. The summed E-state index contributed by atoms with van der Waals surface area (Å²) < 4.78 is 5.64. The SMILES string of the molecule is CCCOc1cccc(CNCC(C)(C)CCCO)c1. The molecule has 0 aliphatic carbocycles. The maximum absolute atomic E-state index is 8.90. The molecule has 0 aliphatic heterocycles. The first-order valence-corrected chi connectivity index (χ1v) is 7.61. The Kier molecular flexibility index (Phi) is 7.63. The van der Waals surface area contributed by atoms with Gasteiger partial charge in [-0.1, -0.05) is 32.9 Å². The highest BCUT2D eigenvalue weighted by Gasteiger charge is 2.16. The van der Waals surface area contributed by atoms with E-state index in [9.17, 15) is 0 Å². The van der Waals surface area contributed by atoms with Crippen molar-refractivity contribution in [2.75, 3.05) is 19.8 Å². The largest absolute Gasteiger partial charge is 0.494 e. The van der Waals surface area contributed by atoms with Gasteiger partial charge in [-0.15, -0.1) is 0 Å². The topological polar surface area (TPSA) is 41.5 Å². The van der Waals surface area contributed by atoms with Gasteiger partial charge in [0.25, 0.3) is 0 Å². The standard InChI is InChI=1S/C17H29NO2/c1-4-11-20-16-8-5-7-15(12-16)13-18-14-17(2,3)9-6-10-19/h5,7-8,12,18-19H,4,6,9-11,13-14H2,1-3H3. The number of hydrogen-bond donors (Lipinski definition) is 2. The minimum Gasteiger partial charge on any atom is -0.494 e. The zero-order valence-electron chi connectivity index (χ0n) is 13.1. The Hall–Kier alpha value is -1.06.